The maximum absolute atomic E-state index is 11.7. The van der Waals surface area contributed by atoms with Gasteiger partial charge in [-0.1, -0.05) is 11.6 Å². The summed E-state index contributed by atoms with van der Waals surface area (Å²) in [4.78, 5) is 15.0. The van der Waals surface area contributed by atoms with Crippen molar-refractivity contribution in [3.8, 4) is 0 Å². The molecule has 0 radical (unpaired) electrons. The maximum atomic E-state index is 11.7. The van der Waals surface area contributed by atoms with Gasteiger partial charge in [0.05, 0.1) is 6.54 Å². The van der Waals surface area contributed by atoms with E-state index >= 15 is 0 Å². The quantitative estimate of drug-likeness (QED) is 0.918. The van der Waals surface area contributed by atoms with Gasteiger partial charge in [0.2, 0.25) is 5.91 Å². The van der Waals surface area contributed by atoms with Crippen LogP contribution in [0.15, 0.2) is 29.2 Å². The molecule has 1 aliphatic heterocycles. The molecule has 1 aromatic rings. The molecule has 0 aliphatic carbocycles. The topological polar surface area (TPSA) is 32.3 Å². The van der Waals surface area contributed by atoms with Crippen LogP contribution in [0.2, 0.25) is 5.02 Å². The van der Waals surface area contributed by atoms with Crippen molar-refractivity contribution in [1.82, 2.24) is 10.2 Å². The summed E-state index contributed by atoms with van der Waals surface area (Å²) in [5.41, 5.74) is 0. The first kappa shape index (κ1) is 17.6. The molecule has 20 heavy (non-hydrogen) atoms. The summed E-state index contributed by atoms with van der Waals surface area (Å²) in [7, 11) is 1.81. The number of nitrogens with one attached hydrogen (secondary N) is 1. The number of benzene rings is 1. The van der Waals surface area contributed by atoms with Crippen molar-refractivity contribution in [3.63, 3.8) is 0 Å². The van der Waals surface area contributed by atoms with Crippen LogP contribution in [-0.4, -0.2) is 42.7 Å². The number of piperidine rings is 1. The molecule has 1 amide bonds. The number of likely N-dealkylation sites (N-methyl/N-ethyl adjacent to an activating group) is 1. The molecule has 0 bridgehead atoms. The van der Waals surface area contributed by atoms with Gasteiger partial charge < -0.3 is 10.2 Å². The second kappa shape index (κ2) is 8.78. The molecule has 1 aliphatic rings. The highest BCUT2D eigenvalue weighted by atomic mass is 35.5. The molecular formula is C14H20Cl2N2OS. The SMILES string of the molecule is CNCC(=O)N1CCC(Sc2ccc(Cl)cc2)CC1.Cl. The Morgan fingerprint density at radius 1 is 1.35 bits per heavy atom. The van der Waals surface area contributed by atoms with Gasteiger partial charge in [-0.15, -0.1) is 24.2 Å². The van der Waals surface area contributed by atoms with Crippen molar-refractivity contribution >= 4 is 41.7 Å². The molecule has 6 heteroatoms. The fourth-order valence-corrected chi connectivity index (χ4v) is 3.44. The molecule has 0 aromatic heterocycles. The zero-order valence-corrected chi connectivity index (χ0v) is 13.9. The van der Waals surface area contributed by atoms with Crippen molar-refractivity contribution < 1.29 is 4.79 Å². The number of nitrogens with zero attached hydrogens (tertiary/aromatic N) is 1. The summed E-state index contributed by atoms with van der Waals surface area (Å²) in [5.74, 6) is 0.206. The third-order valence-corrected chi connectivity index (χ3v) is 4.84. The molecule has 3 nitrogen and oxygen atoms in total. The summed E-state index contributed by atoms with van der Waals surface area (Å²) >= 11 is 7.77. The van der Waals surface area contributed by atoms with Gasteiger partial charge in [-0.25, -0.2) is 0 Å². The van der Waals surface area contributed by atoms with Crippen LogP contribution in [0, 0.1) is 0 Å². The van der Waals surface area contributed by atoms with Crippen molar-refractivity contribution in [2.24, 2.45) is 0 Å². The van der Waals surface area contributed by atoms with Crippen LogP contribution in [0.25, 0.3) is 0 Å². The Bertz CT molecular complexity index is 420. The minimum absolute atomic E-state index is 0. The average Bonchev–Trinajstić information content (AvgIpc) is 2.42. The van der Waals surface area contributed by atoms with Crippen LogP contribution in [0.1, 0.15) is 12.8 Å². The zero-order valence-electron chi connectivity index (χ0n) is 11.5. The molecule has 1 N–H and O–H groups in total. The third kappa shape index (κ3) is 5.17. The first-order chi connectivity index (χ1) is 9.19. The van der Waals surface area contributed by atoms with Crippen molar-refractivity contribution in [2.45, 2.75) is 23.0 Å². The molecule has 2 rings (SSSR count). The Balaban J connectivity index is 0.00000200. The third-order valence-electron chi connectivity index (χ3n) is 3.24. The minimum Gasteiger partial charge on any atom is -0.342 e. The number of halogens is 2. The van der Waals surface area contributed by atoms with E-state index in [4.69, 9.17) is 11.6 Å². The fourth-order valence-electron chi connectivity index (χ4n) is 2.19. The van der Waals surface area contributed by atoms with Gasteiger partial charge in [0.15, 0.2) is 0 Å². The molecule has 1 saturated heterocycles. The van der Waals surface area contributed by atoms with Crippen molar-refractivity contribution in [1.29, 1.82) is 0 Å². The van der Waals surface area contributed by atoms with E-state index < -0.39 is 0 Å². The lowest BCUT2D eigenvalue weighted by Crippen LogP contribution is -2.42. The highest BCUT2D eigenvalue weighted by Gasteiger charge is 2.22. The number of carbonyl (C=O) groups excluding carboxylic acids is 1. The predicted molar refractivity (Wildman–Crippen MR) is 88.1 cm³/mol. The smallest absolute Gasteiger partial charge is 0.236 e. The summed E-state index contributed by atoms with van der Waals surface area (Å²) < 4.78 is 0. The first-order valence-electron chi connectivity index (χ1n) is 6.53. The van der Waals surface area contributed by atoms with E-state index in [1.165, 1.54) is 4.90 Å². The molecule has 1 fully saturated rings. The molecule has 0 saturated carbocycles. The first-order valence-corrected chi connectivity index (χ1v) is 7.79. The lowest BCUT2D eigenvalue weighted by atomic mass is 10.1. The standard InChI is InChI=1S/C14H19ClN2OS.ClH/c1-16-10-14(18)17-8-6-13(7-9-17)19-12-4-2-11(15)3-5-12;/h2-5,13,16H,6-10H2,1H3;1H. The van der Waals surface area contributed by atoms with E-state index in [1.54, 1.807) is 7.05 Å². The van der Waals surface area contributed by atoms with Crippen LogP contribution < -0.4 is 5.32 Å². The van der Waals surface area contributed by atoms with Crippen molar-refractivity contribution in [3.05, 3.63) is 29.3 Å². The van der Waals surface area contributed by atoms with Crippen LogP contribution in [-0.2, 0) is 4.79 Å². The van der Waals surface area contributed by atoms with Crippen LogP contribution >= 0.6 is 35.8 Å². The fraction of sp³-hybridized carbons (Fsp3) is 0.500. The predicted octanol–water partition coefficient (Wildman–Crippen LogP) is 3.06. The number of rotatable bonds is 4. The molecule has 0 spiro atoms. The Kier molecular flexibility index (Phi) is 7.74. The van der Waals surface area contributed by atoms with Crippen LogP contribution in [0.4, 0.5) is 0 Å². The second-order valence-corrected chi connectivity index (χ2v) is 6.49. The van der Waals surface area contributed by atoms with E-state index in [0.717, 1.165) is 31.0 Å². The Hall–Kier alpha value is -0.420. The van der Waals surface area contributed by atoms with Gasteiger partial charge >= 0.3 is 0 Å². The van der Waals surface area contributed by atoms with Gasteiger partial charge in [-0.3, -0.25) is 4.79 Å². The Morgan fingerprint density at radius 2 is 1.95 bits per heavy atom. The summed E-state index contributed by atoms with van der Waals surface area (Å²) in [6.45, 7) is 2.17. The Morgan fingerprint density at radius 3 is 2.50 bits per heavy atom. The average molecular weight is 335 g/mol. The minimum atomic E-state index is 0. The maximum Gasteiger partial charge on any atom is 0.236 e. The van der Waals surface area contributed by atoms with Gasteiger partial charge in [0.1, 0.15) is 0 Å². The van der Waals surface area contributed by atoms with Gasteiger partial charge in [0, 0.05) is 28.3 Å². The summed E-state index contributed by atoms with van der Waals surface area (Å²) in [6, 6.07) is 7.97. The second-order valence-electron chi connectivity index (χ2n) is 4.68. The highest BCUT2D eigenvalue weighted by Crippen LogP contribution is 2.30. The van der Waals surface area contributed by atoms with E-state index in [-0.39, 0.29) is 18.3 Å². The highest BCUT2D eigenvalue weighted by molar-refractivity contribution is 8.00. The molecule has 112 valence electrons. The number of hydrogen-bond acceptors (Lipinski definition) is 3. The van der Waals surface area contributed by atoms with Gasteiger partial charge in [-0.05, 0) is 44.2 Å². The van der Waals surface area contributed by atoms with Crippen LogP contribution in [0.5, 0.6) is 0 Å². The number of amides is 1. The Labute approximate surface area is 135 Å². The monoisotopic (exact) mass is 334 g/mol. The lowest BCUT2D eigenvalue weighted by molar-refractivity contribution is -0.130. The number of likely N-dealkylation sites (tertiary alicyclic amines) is 1. The molecular weight excluding hydrogens is 315 g/mol. The number of carbonyl (C=O) groups is 1. The summed E-state index contributed by atoms with van der Waals surface area (Å²) in [6.07, 6.45) is 2.12. The lowest BCUT2D eigenvalue weighted by Gasteiger charge is -2.31. The van der Waals surface area contributed by atoms with E-state index in [9.17, 15) is 4.79 Å². The zero-order chi connectivity index (χ0) is 13.7. The van der Waals surface area contributed by atoms with E-state index in [2.05, 4.69) is 17.4 Å². The van der Waals surface area contributed by atoms with Crippen molar-refractivity contribution in [2.75, 3.05) is 26.7 Å². The van der Waals surface area contributed by atoms with Gasteiger partial charge in [-0.2, -0.15) is 0 Å². The molecule has 0 unspecified atom stereocenters. The summed E-state index contributed by atoms with van der Waals surface area (Å²) in [5, 5.41) is 4.28. The molecule has 1 aromatic carbocycles. The van der Waals surface area contributed by atoms with Gasteiger partial charge in [0.25, 0.3) is 0 Å². The van der Waals surface area contributed by atoms with E-state index in [0.29, 0.717) is 11.8 Å². The molecule has 0 atom stereocenters. The number of hydrogen-bond donors (Lipinski definition) is 1. The van der Waals surface area contributed by atoms with E-state index in [1.807, 2.05) is 28.8 Å². The number of thioether (sulfide) groups is 1. The molecule has 1 heterocycles. The van der Waals surface area contributed by atoms with Crippen LogP contribution in [0.3, 0.4) is 0 Å². The largest absolute Gasteiger partial charge is 0.342 e. The normalized spacial score (nSPS) is 15.8.